The van der Waals surface area contributed by atoms with E-state index in [2.05, 4.69) is 20.9 Å². The fourth-order valence-corrected chi connectivity index (χ4v) is 5.99. The van der Waals surface area contributed by atoms with Crippen molar-refractivity contribution in [1.29, 1.82) is 0 Å². The summed E-state index contributed by atoms with van der Waals surface area (Å²) in [4.78, 5) is 41.3. The Bertz CT molecular complexity index is 1420. The number of thiazole rings is 1. The van der Waals surface area contributed by atoms with Gasteiger partial charge in [0, 0.05) is 17.1 Å². The Morgan fingerprint density at radius 1 is 0.784 bits per heavy atom. The lowest BCUT2D eigenvalue weighted by Crippen LogP contribution is -2.18. The molecule has 0 fully saturated rings. The zero-order valence-corrected chi connectivity index (χ0v) is 22.8. The average molecular weight is 551 g/mol. The van der Waals surface area contributed by atoms with Crippen LogP contribution in [0, 0.1) is 13.8 Å². The molecule has 3 N–H and O–H groups in total. The molecular weight excluding hydrogens is 525 g/mol. The molecule has 0 spiro atoms. The van der Waals surface area contributed by atoms with Gasteiger partial charge in [0.1, 0.15) is 0 Å². The molecule has 0 aliphatic rings. The van der Waals surface area contributed by atoms with Crippen LogP contribution in [0.15, 0.2) is 71.1 Å². The molecule has 0 bridgehead atoms. The molecule has 3 amide bonds. The Morgan fingerprint density at radius 2 is 1.49 bits per heavy atom. The molecule has 1 aromatic heterocycles. The highest BCUT2D eigenvalue weighted by atomic mass is 32.2. The molecule has 0 radical (unpaired) electrons. The molecule has 10 heteroatoms. The van der Waals surface area contributed by atoms with E-state index in [0.29, 0.717) is 5.69 Å². The van der Waals surface area contributed by atoms with E-state index in [-0.39, 0.29) is 35.0 Å². The number of anilines is 3. The Balaban J connectivity index is 1.23. The highest BCUT2D eigenvalue weighted by Gasteiger charge is 2.11. The number of nitrogens with zero attached hydrogens (tertiary/aromatic N) is 1. The molecule has 0 aliphatic heterocycles. The van der Waals surface area contributed by atoms with E-state index in [9.17, 15) is 14.4 Å². The van der Waals surface area contributed by atoms with Crippen LogP contribution in [0.5, 0.6) is 0 Å². The average Bonchev–Trinajstić information content (AvgIpc) is 3.27. The summed E-state index contributed by atoms with van der Waals surface area (Å²) in [6, 6.07) is 20.7. The number of nitrogens with one attached hydrogen (secondary N) is 3. The van der Waals surface area contributed by atoms with Crippen molar-refractivity contribution in [3.63, 3.8) is 0 Å². The lowest BCUT2D eigenvalue weighted by Gasteiger charge is -2.08. The number of rotatable bonds is 10. The Kier molecular flexibility index (Phi) is 9.21. The molecule has 3 aromatic carbocycles. The fraction of sp³-hybridized carbons (Fsp3) is 0.185. The number of aromatic nitrogens is 1. The highest BCUT2D eigenvalue weighted by molar-refractivity contribution is 8.01. The molecule has 0 unspecified atom stereocenters. The normalized spacial score (nSPS) is 10.8. The third-order valence-electron chi connectivity index (χ3n) is 5.16. The van der Waals surface area contributed by atoms with Gasteiger partial charge in [-0.2, -0.15) is 0 Å². The Labute approximate surface area is 227 Å². The first-order valence-corrected chi connectivity index (χ1v) is 14.4. The summed E-state index contributed by atoms with van der Waals surface area (Å²) in [6.07, 6.45) is 0. The molecule has 4 rings (SSSR count). The van der Waals surface area contributed by atoms with Gasteiger partial charge in [-0.15, -0.1) is 23.1 Å². The van der Waals surface area contributed by atoms with E-state index in [0.717, 1.165) is 37.1 Å². The van der Waals surface area contributed by atoms with Crippen molar-refractivity contribution >= 4 is 79.9 Å². The van der Waals surface area contributed by atoms with Crippen molar-refractivity contribution in [1.82, 2.24) is 4.98 Å². The Morgan fingerprint density at radius 3 is 2.22 bits per heavy atom. The second-order valence-electron chi connectivity index (χ2n) is 8.27. The maximum absolute atomic E-state index is 12.4. The quantitative estimate of drug-likeness (QED) is 0.211. The number of fused-ring (bicyclic) bond motifs is 1. The van der Waals surface area contributed by atoms with E-state index in [1.807, 2.05) is 74.5 Å². The van der Waals surface area contributed by atoms with Crippen molar-refractivity contribution in [3.05, 3.63) is 77.9 Å². The molecular formula is C27H26N4O3S3. The zero-order valence-electron chi connectivity index (χ0n) is 20.4. The van der Waals surface area contributed by atoms with Crippen molar-refractivity contribution in [2.45, 2.75) is 18.2 Å². The van der Waals surface area contributed by atoms with Crippen LogP contribution < -0.4 is 16.0 Å². The van der Waals surface area contributed by atoms with Crippen molar-refractivity contribution in [2.75, 3.05) is 33.2 Å². The molecule has 1 heterocycles. The number of thioether (sulfide) groups is 2. The van der Waals surface area contributed by atoms with Crippen molar-refractivity contribution < 1.29 is 14.4 Å². The van der Waals surface area contributed by atoms with Crippen LogP contribution in [-0.2, 0) is 14.4 Å². The summed E-state index contributed by atoms with van der Waals surface area (Å²) in [5, 5.41) is 8.62. The maximum atomic E-state index is 12.4. The standard InChI is InChI=1S/C27H26N4O3S3/c1-17-8-10-21(18(2)12-17)30-26(34)16-36-27-31-22-11-9-20(13-23(22)37-27)29-25(33)15-35-14-24(32)28-19-6-4-3-5-7-19/h3-13H,14-16H2,1-2H3,(H,28,32)(H,29,33)(H,30,34). The Hall–Kier alpha value is -3.34. The smallest absolute Gasteiger partial charge is 0.234 e. The van der Waals surface area contributed by atoms with Gasteiger partial charge in [0.25, 0.3) is 0 Å². The minimum atomic E-state index is -0.181. The van der Waals surface area contributed by atoms with E-state index in [1.54, 1.807) is 6.07 Å². The number of benzene rings is 3. The van der Waals surface area contributed by atoms with Crippen LogP contribution in [0.25, 0.3) is 10.2 Å². The largest absolute Gasteiger partial charge is 0.325 e. The summed E-state index contributed by atoms with van der Waals surface area (Å²) in [5.41, 5.74) is 5.21. The molecule has 190 valence electrons. The third kappa shape index (κ3) is 8.08. The molecule has 0 saturated carbocycles. The molecule has 4 aromatic rings. The van der Waals surface area contributed by atoms with Crippen LogP contribution >= 0.6 is 34.9 Å². The number of para-hydroxylation sites is 1. The maximum Gasteiger partial charge on any atom is 0.234 e. The summed E-state index contributed by atoms with van der Waals surface area (Å²) < 4.78 is 1.71. The van der Waals surface area contributed by atoms with Gasteiger partial charge in [-0.3, -0.25) is 14.4 Å². The second kappa shape index (κ2) is 12.8. The first-order chi connectivity index (χ1) is 17.9. The summed E-state index contributed by atoms with van der Waals surface area (Å²) >= 11 is 4.11. The van der Waals surface area contributed by atoms with E-state index in [4.69, 9.17) is 0 Å². The lowest BCUT2D eigenvalue weighted by atomic mass is 10.1. The summed E-state index contributed by atoms with van der Waals surface area (Å²) in [7, 11) is 0. The number of aryl methyl sites for hydroxylation is 2. The van der Waals surface area contributed by atoms with Crippen LogP contribution in [-0.4, -0.2) is 40.0 Å². The van der Waals surface area contributed by atoms with E-state index >= 15 is 0 Å². The number of hydrogen-bond donors (Lipinski definition) is 3. The minimum absolute atomic E-state index is 0.0842. The zero-order chi connectivity index (χ0) is 26.2. The third-order valence-corrected chi connectivity index (χ3v) is 8.25. The van der Waals surface area contributed by atoms with Crippen LogP contribution in [0.3, 0.4) is 0 Å². The van der Waals surface area contributed by atoms with Crippen LogP contribution in [0.4, 0.5) is 17.1 Å². The van der Waals surface area contributed by atoms with Crippen LogP contribution in [0.1, 0.15) is 11.1 Å². The molecule has 0 aliphatic carbocycles. The van der Waals surface area contributed by atoms with Crippen molar-refractivity contribution in [2.24, 2.45) is 0 Å². The van der Waals surface area contributed by atoms with Gasteiger partial charge in [-0.05, 0) is 55.8 Å². The topological polar surface area (TPSA) is 100 Å². The van der Waals surface area contributed by atoms with Gasteiger partial charge in [-0.1, -0.05) is 47.7 Å². The predicted molar refractivity (Wildman–Crippen MR) is 156 cm³/mol. The highest BCUT2D eigenvalue weighted by Crippen LogP contribution is 2.31. The number of hydrogen-bond acceptors (Lipinski definition) is 7. The van der Waals surface area contributed by atoms with Gasteiger partial charge < -0.3 is 16.0 Å². The molecule has 37 heavy (non-hydrogen) atoms. The molecule has 7 nitrogen and oxygen atoms in total. The van der Waals surface area contributed by atoms with Gasteiger partial charge in [-0.25, -0.2) is 4.98 Å². The van der Waals surface area contributed by atoms with Crippen LogP contribution in [0.2, 0.25) is 0 Å². The first-order valence-electron chi connectivity index (χ1n) is 11.5. The number of amides is 3. The molecule has 0 atom stereocenters. The summed E-state index contributed by atoms with van der Waals surface area (Å²) in [5.74, 6) is 0.195. The first kappa shape index (κ1) is 26.7. The monoisotopic (exact) mass is 550 g/mol. The lowest BCUT2D eigenvalue weighted by molar-refractivity contribution is -0.114. The molecule has 0 saturated heterocycles. The van der Waals surface area contributed by atoms with E-state index in [1.165, 1.54) is 34.9 Å². The van der Waals surface area contributed by atoms with Crippen molar-refractivity contribution in [3.8, 4) is 0 Å². The van der Waals surface area contributed by atoms with Gasteiger partial charge in [0.05, 0.1) is 27.5 Å². The fourth-order valence-electron chi connectivity index (χ4n) is 3.46. The van der Waals surface area contributed by atoms with Gasteiger partial charge in [0.15, 0.2) is 4.34 Å². The van der Waals surface area contributed by atoms with E-state index < -0.39 is 0 Å². The number of carbonyl (C=O) groups excluding carboxylic acids is 3. The summed E-state index contributed by atoms with van der Waals surface area (Å²) in [6.45, 7) is 3.99. The van der Waals surface area contributed by atoms with Gasteiger partial charge in [0.2, 0.25) is 17.7 Å². The SMILES string of the molecule is Cc1ccc(NC(=O)CSc2nc3ccc(NC(=O)CSCC(=O)Nc4ccccc4)cc3s2)c(C)c1. The second-order valence-corrected chi connectivity index (χ2v) is 11.5. The van der Waals surface area contributed by atoms with Gasteiger partial charge >= 0.3 is 0 Å². The minimum Gasteiger partial charge on any atom is -0.325 e. The number of carbonyl (C=O) groups is 3. The predicted octanol–water partition coefficient (Wildman–Crippen LogP) is 5.95.